The van der Waals surface area contributed by atoms with Gasteiger partial charge in [0, 0.05) is 17.0 Å². The molecule has 8 rings (SSSR count). The number of carbonyl (C=O) groups is 1. The van der Waals surface area contributed by atoms with Gasteiger partial charge >= 0.3 is 5.97 Å². The fraction of sp³-hybridized carbons (Fsp3) is 0.333. The Morgan fingerprint density at radius 1 is 0.953 bits per heavy atom. The van der Waals surface area contributed by atoms with Crippen molar-refractivity contribution in [1.82, 2.24) is 4.98 Å². The molecule has 4 fully saturated rings. The Labute approximate surface area is 253 Å². The number of rotatable bonds is 8. The number of hydrogen-bond donors (Lipinski definition) is 2. The molecule has 43 heavy (non-hydrogen) atoms. The first-order chi connectivity index (χ1) is 20.6. The highest BCUT2D eigenvalue weighted by Crippen LogP contribution is 2.60. The van der Waals surface area contributed by atoms with Gasteiger partial charge in [-0.05, 0) is 84.5 Å². The predicted octanol–water partition coefficient (Wildman–Crippen LogP) is 7.59. The standard InChI is InChI=1S/C33H31FN2O5S2/c1-41-29-13-26(32(37)38)27(34)14-28(29)36-43(39,40)30-18-42-31(35-30)24-4-2-22(3-5-24)23-6-8-25(9-7-23)33-15-19-10-20(16-33)12-21(11-19)17-33/h2-9,13-14,18-21,36H,10-12,15-17H2,1H3,(H,37,38). The second-order valence-corrected chi connectivity index (χ2v) is 14.8. The molecule has 4 saturated carbocycles. The molecule has 4 bridgehead atoms. The number of carboxylic acids is 1. The van der Waals surface area contributed by atoms with Crippen molar-refractivity contribution < 1.29 is 27.4 Å². The zero-order chi connectivity index (χ0) is 29.9. The zero-order valence-corrected chi connectivity index (χ0v) is 25.2. The van der Waals surface area contributed by atoms with E-state index in [9.17, 15) is 17.6 Å². The van der Waals surface area contributed by atoms with Crippen LogP contribution in [0.1, 0.15) is 54.4 Å². The van der Waals surface area contributed by atoms with Crippen molar-refractivity contribution >= 4 is 33.0 Å². The fourth-order valence-electron chi connectivity index (χ4n) is 7.96. The van der Waals surface area contributed by atoms with Gasteiger partial charge in [-0.3, -0.25) is 4.72 Å². The topological polar surface area (TPSA) is 106 Å². The number of halogens is 1. The molecule has 4 aromatic rings. The van der Waals surface area contributed by atoms with Crippen molar-refractivity contribution in [3.8, 4) is 27.4 Å². The molecule has 0 amide bonds. The van der Waals surface area contributed by atoms with Gasteiger partial charge in [0.25, 0.3) is 10.0 Å². The Morgan fingerprint density at radius 2 is 1.51 bits per heavy atom. The van der Waals surface area contributed by atoms with Crippen LogP contribution in [0.5, 0.6) is 5.75 Å². The summed E-state index contributed by atoms with van der Waals surface area (Å²) in [6.07, 6.45) is 8.33. The van der Waals surface area contributed by atoms with Gasteiger partial charge in [0.2, 0.25) is 0 Å². The van der Waals surface area contributed by atoms with E-state index >= 15 is 0 Å². The van der Waals surface area contributed by atoms with E-state index in [-0.39, 0.29) is 16.5 Å². The summed E-state index contributed by atoms with van der Waals surface area (Å²) in [6, 6.07) is 18.7. The van der Waals surface area contributed by atoms with Crippen molar-refractivity contribution in [2.45, 2.75) is 49.0 Å². The lowest BCUT2D eigenvalue weighted by Gasteiger charge is -2.57. The molecule has 0 atom stereocenters. The fourth-order valence-corrected chi connectivity index (χ4v) is 10.1. The Morgan fingerprint density at radius 3 is 2.07 bits per heavy atom. The number of anilines is 1. The lowest BCUT2D eigenvalue weighted by Crippen LogP contribution is -2.48. The van der Waals surface area contributed by atoms with Crippen LogP contribution in [0, 0.1) is 23.6 Å². The second-order valence-electron chi connectivity index (χ2n) is 12.3. The van der Waals surface area contributed by atoms with Crippen molar-refractivity contribution in [3.05, 3.63) is 83.0 Å². The smallest absolute Gasteiger partial charge is 0.338 e. The summed E-state index contributed by atoms with van der Waals surface area (Å²) in [7, 11) is -2.96. The summed E-state index contributed by atoms with van der Waals surface area (Å²) >= 11 is 1.18. The molecule has 0 saturated heterocycles. The molecule has 0 aliphatic heterocycles. The number of sulfonamides is 1. The van der Waals surface area contributed by atoms with Crippen LogP contribution in [0.4, 0.5) is 10.1 Å². The SMILES string of the molecule is COc1cc(C(=O)O)c(F)cc1NS(=O)(=O)c1csc(-c2ccc(-c3ccc(C45CC6CC(CC(C6)C4)C5)cc3)cc2)n1. The van der Waals surface area contributed by atoms with E-state index in [2.05, 4.69) is 34.0 Å². The highest BCUT2D eigenvalue weighted by atomic mass is 32.2. The maximum atomic E-state index is 14.3. The minimum absolute atomic E-state index is 0.126. The molecule has 0 spiro atoms. The average molecular weight is 619 g/mol. The van der Waals surface area contributed by atoms with Crippen LogP contribution in [0.15, 0.2) is 71.1 Å². The molecule has 7 nitrogen and oxygen atoms in total. The molecule has 2 N–H and O–H groups in total. The molecular weight excluding hydrogens is 588 g/mol. The van der Waals surface area contributed by atoms with E-state index in [4.69, 9.17) is 9.84 Å². The molecule has 4 aliphatic carbocycles. The van der Waals surface area contributed by atoms with Crippen LogP contribution >= 0.6 is 11.3 Å². The number of hydrogen-bond acceptors (Lipinski definition) is 6. The van der Waals surface area contributed by atoms with Gasteiger partial charge in [0.1, 0.15) is 16.6 Å². The highest BCUT2D eigenvalue weighted by Gasteiger charge is 2.51. The Balaban J connectivity index is 1.07. The second kappa shape index (κ2) is 10.4. The summed E-state index contributed by atoms with van der Waals surface area (Å²) in [4.78, 5) is 15.5. The van der Waals surface area contributed by atoms with Crippen molar-refractivity contribution in [2.24, 2.45) is 17.8 Å². The summed E-state index contributed by atoms with van der Waals surface area (Å²) in [5, 5.41) is 10.8. The van der Waals surface area contributed by atoms with E-state index in [1.807, 2.05) is 24.3 Å². The maximum absolute atomic E-state index is 14.3. The number of methoxy groups -OCH3 is 1. The molecule has 3 aromatic carbocycles. The molecule has 4 aliphatic rings. The normalized spacial score (nSPS) is 24.2. The average Bonchev–Trinajstić information content (AvgIpc) is 3.48. The number of benzene rings is 3. The minimum Gasteiger partial charge on any atom is -0.495 e. The third-order valence-electron chi connectivity index (χ3n) is 9.52. The van der Waals surface area contributed by atoms with Crippen LogP contribution < -0.4 is 9.46 Å². The summed E-state index contributed by atoms with van der Waals surface area (Å²) < 4.78 is 47.7. The summed E-state index contributed by atoms with van der Waals surface area (Å²) in [5.74, 6) is 0.0205. The number of aromatic nitrogens is 1. The predicted molar refractivity (Wildman–Crippen MR) is 164 cm³/mol. The molecular formula is C33H31FN2O5S2. The lowest BCUT2D eigenvalue weighted by atomic mass is 9.48. The van der Waals surface area contributed by atoms with Gasteiger partial charge < -0.3 is 9.84 Å². The number of nitrogens with zero attached hydrogens (tertiary/aromatic N) is 1. The van der Waals surface area contributed by atoms with Crippen LogP contribution in [0.3, 0.4) is 0 Å². The molecule has 1 aromatic heterocycles. The van der Waals surface area contributed by atoms with Crippen LogP contribution in [-0.2, 0) is 15.4 Å². The van der Waals surface area contributed by atoms with Crippen LogP contribution in [-0.4, -0.2) is 31.6 Å². The van der Waals surface area contributed by atoms with Crippen molar-refractivity contribution in [2.75, 3.05) is 11.8 Å². The lowest BCUT2D eigenvalue weighted by molar-refractivity contribution is -0.00518. The van der Waals surface area contributed by atoms with Crippen molar-refractivity contribution in [1.29, 1.82) is 0 Å². The first kappa shape index (κ1) is 28.0. The molecule has 222 valence electrons. The number of thiazole rings is 1. The largest absolute Gasteiger partial charge is 0.495 e. The Bertz CT molecular complexity index is 1780. The number of aromatic carboxylic acids is 1. The van der Waals surface area contributed by atoms with Crippen LogP contribution in [0.25, 0.3) is 21.7 Å². The van der Waals surface area contributed by atoms with Crippen LogP contribution in [0.2, 0.25) is 0 Å². The molecule has 10 heteroatoms. The number of nitrogens with one attached hydrogen (secondary N) is 1. The van der Waals surface area contributed by atoms with Gasteiger partial charge in [-0.25, -0.2) is 14.2 Å². The maximum Gasteiger partial charge on any atom is 0.338 e. The highest BCUT2D eigenvalue weighted by molar-refractivity contribution is 7.92. The quantitative estimate of drug-likeness (QED) is 0.211. The molecule has 0 radical (unpaired) electrons. The third-order valence-corrected chi connectivity index (χ3v) is 11.8. The van der Waals surface area contributed by atoms with Gasteiger partial charge in [-0.15, -0.1) is 11.3 Å². The Hall–Kier alpha value is -3.76. The summed E-state index contributed by atoms with van der Waals surface area (Å²) in [5.41, 5.74) is 4.00. The van der Waals surface area contributed by atoms with E-state index in [1.54, 1.807) is 0 Å². The Kier molecular flexibility index (Phi) is 6.81. The molecule has 1 heterocycles. The number of ether oxygens (including phenoxy) is 1. The van der Waals surface area contributed by atoms with E-state index < -0.39 is 27.4 Å². The minimum atomic E-state index is -4.20. The molecule has 0 unspecified atom stereocenters. The first-order valence-electron chi connectivity index (χ1n) is 14.4. The van der Waals surface area contributed by atoms with Gasteiger partial charge in [-0.2, -0.15) is 8.42 Å². The first-order valence-corrected chi connectivity index (χ1v) is 16.8. The van der Waals surface area contributed by atoms with Crippen molar-refractivity contribution in [3.63, 3.8) is 0 Å². The van der Waals surface area contributed by atoms with Gasteiger partial charge in [0.15, 0.2) is 5.03 Å². The monoisotopic (exact) mass is 618 g/mol. The van der Waals surface area contributed by atoms with E-state index in [1.165, 1.54) is 67.9 Å². The summed E-state index contributed by atoms with van der Waals surface area (Å²) in [6.45, 7) is 0. The van der Waals surface area contributed by atoms with E-state index in [0.29, 0.717) is 10.4 Å². The van der Waals surface area contributed by atoms with E-state index in [0.717, 1.165) is 46.6 Å². The van der Waals surface area contributed by atoms with Gasteiger partial charge in [0.05, 0.1) is 18.4 Å². The number of carboxylic acid groups (broad SMARTS) is 1. The third kappa shape index (κ3) is 5.10. The zero-order valence-electron chi connectivity index (χ0n) is 23.5. The van der Waals surface area contributed by atoms with Gasteiger partial charge in [-0.1, -0.05) is 48.5 Å².